The highest BCUT2D eigenvalue weighted by atomic mass is 16.2. The van der Waals surface area contributed by atoms with E-state index >= 15 is 0 Å². The fraction of sp³-hybridized carbons (Fsp3) is 0.500. The van der Waals surface area contributed by atoms with Crippen molar-refractivity contribution in [2.24, 2.45) is 5.41 Å². The number of pyridine rings is 1. The maximum atomic E-state index is 12.2. The number of nitrogens with zero attached hydrogens (tertiary/aromatic N) is 2. The summed E-state index contributed by atoms with van der Waals surface area (Å²) in [5, 5.41) is 2.70. The molecule has 0 saturated heterocycles. The van der Waals surface area contributed by atoms with Crippen molar-refractivity contribution < 1.29 is 9.59 Å². The van der Waals surface area contributed by atoms with Crippen molar-refractivity contribution in [1.82, 2.24) is 10.3 Å². The van der Waals surface area contributed by atoms with Crippen LogP contribution in [0.3, 0.4) is 0 Å². The third kappa shape index (κ3) is 1.99. The highest BCUT2D eigenvalue weighted by molar-refractivity contribution is 5.96. The molecule has 5 nitrogen and oxygen atoms in total. The first-order valence-electron chi connectivity index (χ1n) is 6.36. The molecule has 2 amide bonds. The standard InChI is InChI=1S/C14H19N3O2/c1-9-14(3,13(19)15-4)7-11-8-16-6-5-12(11)17(9)10(2)18/h5-6,8-9H,7H2,1-4H3,(H,15,19). The topological polar surface area (TPSA) is 62.3 Å². The molecule has 5 heteroatoms. The maximum Gasteiger partial charge on any atom is 0.228 e. The number of amides is 2. The highest BCUT2D eigenvalue weighted by Crippen LogP contribution is 2.40. The van der Waals surface area contributed by atoms with Crippen LogP contribution in [-0.4, -0.2) is 29.9 Å². The van der Waals surface area contributed by atoms with Crippen molar-refractivity contribution in [3.8, 4) is 0 Å². The molecule has 2 unspecified atom stereocenters. The minimum atomic E-state index is -0.642. The van der Waals surface area contributed by atoms with Gasteiger partial charge in [0.05, 0.1) is 11.1 Å². The molecule has 19 heavy (non-hydrogen) atoms. The van der Waals surface area contributed by atoms with Gasteiger partial charge in [-0.05, 0) is 31.9 Å². The molecule has 1 aliphatic heterocycles. The Hall–Kier alpha value is -1.91. The summed E-state index contributed by atoms with van der Waals surface area (Å²) in [5.74, 6) is -0.115. The monoisotopic (exact) mass is 261 g/mol. The van der Waals surface area contributed by atoms with E-state index in [4.69, 9.17) is 0 Å². The molecule has 0 aromatic carbocycles. The van der Waals surface area contributed by atoms with Gasteiger partial charge >= 0.3 is 0 Å². The zero-order valence-corrected chi connectivity index (χ0v) is 11.7. The van der Waals surface area contributed by atoms with Crippen LogP contribution < -0.4 is 10.2 Å². The van der Waals surface area contributed by atoms with Crippen molar-refractivity contribution in [2.75, 3.05) is 11.9 Å². The van der Waals surface area contributed by atoms with E-state index < -0.39 is 5.41 Å². The van der Waals surface area contributed by atoms with Crippen LogP contribution in [0.1, 0.15) is 26.3 Å². The molecule has 1 aromatic rings. The van der Waals surface area contributed by atoms with Crippen molar-refractivity contribution in [3.63, 3.8) is 0 Å². The van der Waals surface area contributed by atoms with Crippen molar-refractivity contribution in [1.29, 1.82) is 0 Å². The first-order valence-corrected chi connectivity index (χ1v) is 6.36. The summed E-state index contributed by atoms with van der Waals surface area (Å²) < 4.78 is 0. The van der Waals surface area contributed by atoms with Gasteiger partial charge in [-0.15, -0.1) is 0 Å². The van der Waals surface area contributed by atoms with Gasteiger partial charge in [-0.2, -0.15) is 0 Å². The Bertz CT molecular complexity index is 529. The minimum Gasteiger partial charge on any atom is -0.359 e. The molecule has 1 aromatic heterocycles. The number of nitrogens with one attached hydrogen (secondary N) is 1. The summed E-state index contributed by atoms with van der Waals surface area (Å²) in [4.78, 5) is 29.9. The van der Waals surface area contributed by atoms with E-state index in [1.807, 2.05) is 19.9 Å². The second-order valence-electron chi connectivity index (χ2n) is 5.24. The zero-order valence-electron chi connectivity index (χ0n) is 11.7. The van der Waals surface area contributed by atoms with E-state index in [0.717, 1.165) is 11.3 Å². The van der Waals surface area contributed by atoms with Gasteiger partial charge < -0.3 is 10.2 Å². The van der Waals surface area contributed by atoms with Gasteiger partial charge in [-0.3, -0.25) is 14.6 Å². The van der Waals surface area contributed by atoms with Crippen LogP contribution >= 0.6 is 0 Å². The Labute approximate surface area is 113 Å². The fourth-order valence-corrected chi connectivity index (χ4v) is 2.83. The normalized spacial score (nSPS) is 25.7. The molecule has 1 N–H and O–H groups in total. The summed E-state index contributed by atoms with van der Waals surface area (Å²) in [6, 6.07) is 1.64. The Balaban J connectivity index is 2.57. The molecule has 0 aliphatic carbocycles. The minimum absolute atomic E-state index is 0.0549. The maximum absolute atomic E-state index is 12.2. The van der Waals surface area contributed by atoms with Gasteiger partial charge in [-0.1, -0.05) is 0 Å². The number of carbonyl (C=O) groups is 2. The lowest BCUT2D eigenvalue weighted by molar-refractivity contribution is -0.131. The molecule has 0 fully saturated rings. The number of hydrogen-bond donors (Lipinski definition) is 1. The second kappa shape index (κ2) is 4.64. The van der Waals surface area contributed by atoms with Gasteiger partial charge in [0.1, 0.15) is 0 Å². The van der Waals surface area contributed by atoms with Crippen LogP contribution in [0, 0.1) is 5.41 Å². The van der Waals surface area contributed by atoms with Gasteiger partial charge in [0, 0.05) is 32.4 Å². The average molecular weight is 261 g/mol. The third-order valence-corrected chi connectivity index (χ3v) is 4.09. The first-order chi connectivity index (χ1) is 8.91. The molecule has 1 aliphatic rings. The number of fused-ring (bicyclic) bond motifs is 1. The SMILES string of the molecule is CNC(=O)C1(C)Cc2cnccc2N(C(C)=O)C1C. The molecule has 0 radical (unpaired) electrons. The van der Waals surface area contributed by atoms with E-state index in [-0.39, 0.29) is 17.9 Å². The number of carbonyl (C=O) groups excluding carboxylic acids is 2. The molecule has 0 saturated carbocycles. The van der Waals surface area contributed by atoms with E-state index in [9.17, 15) is 9.59 Å². The summed E-state index contributed by atoms with van der Waals surface area (Å²) in [6.07, 6.45) is 3.99. The van der Waals surface area contributed by atoms with Crippen LogP contribution in [0.5, 0.6) is 0 Å². The molecule has 2 heterocycles. The van der Waals surface area contributed by atoms with Crippen LogP contribution in [0.25, 0.3) is 0 Å². The van der Waals surface area contributed by atoms with E-state index in [1.54, 1.807) is 24.3 Å². The highest BCUT2D eigenvalue weighted by Gasteiger charge is 2.46. The molecular weight excluding hydrogens is 242 g/mol. The summed E-state index contributed by atoms with van der Waals surface area (Å²) in [7, 11) is 1.62. The number of hydrogen-bond acceptors (Lipinski definition) is 3. The molecule has 0 spiro atoms. The average Bonchev–Trinajstić information content (AvgIpc) is 2.38. The second-order valence-corrected chi connectivity index (χ2v) is 5.24. The predicted octanol–water partition coefficient (Wildman–Crippen LogP) is 1.13. The van der Waals surface area contributed by atoms with E-state index in [0.29, 0.717) is 6.42 Å². The number of anilines is 1. The molecule has 102 valence electrons. The van der Waals surface area contributed by atoms with Crippen LogP contribution in [-0.2, 0) is 16.0 Å². The fourth-order valence-electron chi connectivity index (χ4n) is 2.83. The Morgan fingerprint density at radius 3 is 2.79 bits per heavy atom. The predicted molar refractivity (Wildman–Crippen MR) is 72.7 cm³/mol. The van der Waals surface area contributed by atoms with Crippen LogP contribution in [0.2, 0.25) is 0 Å². The van der Waals surface area contributed by atoms with Gasteiger partial charge in [0.2, 0.25) is 11.8 Å². The van der Waals surface area contributed by atoms with Crippen LogP contribution in [0.15, 0.2) is 18.5 Å². The van der Waals surface area contributed by atoms with Gasteiger partial charge in [-0.25, -0.2) is 0 Å². The quantitative estimate of drug-likeness (QED) is 0.824. The lowest BCUT2D eigenvalue weighted by atomic mass is 9.73. The van der Waals surface area contributed by atoms with Gasteiger partial charge in [0.15, 0.2) is 0 Å². The smallest absolute Gasteiger partial charge is 0.228 e. The Morgan fingerprint density at radius 1 is 1.53 bits per heavy atom. The lowest BCUT2D eigenvalue weighted by Crippen LogP contribution is -2.57. The number of rotatable bonds is 1. The molecular formula is C14H19N3O2. The van der Waals surface area contributed by atoms with E-state index in [1.165, 1.54) is 6.92 Å². The first kappa shape index (κ1) is 13.5. The van der Waals surface area contributed by atoms with Crippen LogP contribution in [0.4, 0.5) is 5.69 Å². The molecule has 2 atom stereocenters. The zero-order chi connectivity index (χ0) is 14.2. The summed E-state index contributed by atoms with van der Waals surface area (Å²) >= 11 is 0. The third-order valence-electron chi connectivity index (χ3n) is 4.09. The van der Waals surface area contributed by atoms with E-state index in [2.05, 4.69) is 10.3 Å². The van der Waals surface area contributed by atoms with Crippen molar-refractivity contribution >= 4 is 17.5 Å². The number of aromatic nitrogens is 1. The Morgan fingerprint density at radius 2 is 2.21 bits per heavy atom. The largest absolute Gasteiger partial charge is 0.359 e. The van der Waals surface area contributed by atoms with Gasteiger partial charge in [0.25, 0.3) is 0 Å². The van der Waals surface area contributed by atoms with Crippen molar-refractivity contribution in [2.45, 2.75) is 33.2 Å². The van der Waals surface area contributed by atoms with Crippen molar-refractivity contribution in [3.05, 3.63) is 24.0 Å². The summed E-state index contributed by atoms with van der Waals surface area (Å²) in [6.45, 7) is 5.33. The lowest BCUT2D eigenvalue weighted by Gasteiger charge is -2.45. The Kier molecular flexibility index (Phi) is 3.30. The molecule has 2 rings (SSSR count). The summed E-state index contributed by atoms with van der Waals surface area (Å²) in [5.41, 5.74) is 1.15. The molecule has 0 bridgehead atoms.